The van der Waals surface area contributed by atoms with E-state index in [9.17, 15) is 4.79 Å². The Kier molecular flexibility index (Phi) is 3.71. The molecule has 0 aliphatic heterocycles. The van der Waals surface area contributed by atoms with Crippen LogP contribution < -0.4 is 11.3 Å². The molecule has 2 rings (SSSR count). The Morgan fingerprint density at radius 2 is 2.06 bits per heavy atom. The molecule has 100 valence electrons. The van der Waals surface area contributed by atoms with Crippen molar-refractivity contribution >= 4 is 5.91 Å². The molecule has 0 saturated carbocycles. The van der Waals surface area contributed by atoms with Gasteiger partial charge in [-0.1, -0.05) is 13.8 Å². The van der Waals surface area contributed by atoms with Gasteiger partial charge in [0.2, 0.25) is 0 Å². The molecule has 1 atom stereocenters. The van der Waals surface area contributed by atoms with Crippen LogP contribution in [-0.4, -0.2) is 15.5 Å². The minimum absolute atomic E-state index is 0.140. The van der Waals surface area contributed by atoms with Crippen LogP contribution in [0.5, 0.6) is 0 Å². The summed E-state index contributed by atoms with van der Waals surface area (Å²) in [5, 5.41) is 0. The van der Waals surface area contributed by atoms with Crippen LogP contribution in [0, 0.1) is 12.8 Å². The van der Waals surface area contributed by atoms with Gasteiger partial charge in [-0.2, -0.15) is 0 Å². The van der Waals surface area contributed by atoms with E-state index in [1.54, 1.807) is 0 Å². The molecule has 1 aliphatic carbocycles. The highest BCUT2D eigenvalue weighted by Gasteiger charge is 2.29. The van der Waals surface area contributed by atoms with Crippen molar-refractivity contribution in [3.8, 4) is 0 Å². The van der Waals surface area contributed by atoms with E-state index < -0.39 is 0 Å². The van der Waals surface area contributed by atoms with Crippen LogP contribution in [0.3, 0.4) is 0 Å². The standard InChI is InChI=1S/C13H22N4O/c1-8(2)12(13(18)16-14)17-9(3)15-10-6-4-5-7-11(10)17/h8,12H,4-7,14H2,1-3H3,(H,16,18). The van der Waals surface area contributed by atoms with Gasteiger partial charge in [-0.05, 0) is 38.5 Å². The first kappa shape index (κ1) is 13.1. The highest BCUT2D eigenvalue weighted by molar-refractivity contribution is 5.80. The van der Waals surface area contributed by atoms with Gasteiger partial charge in [0.15, 0.2) is 0 Å². The number of fused-ring (bicyclic) bond motifs is 1. The molecule has 1 aliphatic rings. The number of nitrogens with two attached hydrogens (primary N) is 1. The monoisotopic (exact) mass is 250 g/mol. The highest BCUT2D eigenvalue weighted by Crippen LogP contribution is 2.28. The SMILES string of the molecule is Cc1nc2c(n1C(C(=O)NN)C(C)C)CCCC2. The molecule has 18 heavy (non-hydrogen) atoms. The Labute approximate surface area is 108 Å². The third kappa shape index (κ3) is 2.14. The molecule has 1 heterocycles. The van der Waals surface area contributed by atoms with Gasteiger partial charge in [-0.15, -0.1) is 0 Å². The summed E-state index contributed by atoms with van der Waals surface area (Å²) in [6.45, 7) is 6.04. The maximum absolute atomic E-state index is 12.0. The zero-order valence-electron chi connectivity index (χ0n) is 11.4. The van der Waals surface area contributed by atoms with Crippen molar-refractivity contribution in [1.29, 1.82) is 0 Å². The normalized spacial score (nSPS) is 16.5. The smallest absolute Gasteiger partial charge is 0.257 e. The van der Waals surface area contributed by atoms with E-state index >= 15 is 0 Å². The lowest BCUT2D eigenvalue weighted by Crippen LogP contribution is -2.40. The molecule has 1 unspecified atom stereocenters. The Bertz CT molecular complexity index is 450. The van der Waals surface area contributed by atoms with E-state index in [0.29, 0.717) is 0 Å². The van der Waals surface area contributed by atoms with Crippen molar-refractivity contribution in [2.75, 3.05) is 0 Å². The summed E-state index contributed by atoms with van der Waals surface area (Å²) in [6.07, 6.45) is 4.40. The fourth-order valence-corrected chi connectivity index (χ4v) is 2.87. The maximum Gasteiger partial charge on any atom is 0.257 e. The first-order chi connectivity index (χ1) is 8.56. The minimum Gasteiger partial charge on any atom is -0.319 e. The molecule has 5 heteroatoms. The Morgan fingerprint density at radius 3 is 2.67 bits per heavy atom. The van der Waals surface area contributed by atoms with E-state index in [-0.39, 0.29) is 17.9 Å². The fraction of sp³-hybridized carbons (Fsp3) is 0.692. The molecule has 1 amide bonds. The first-order valence-corrected chi connectivity index (χ1v) is 6.63. The third-order valence-corrected chi connectivity index (χ3v) is 3.67. The molecule has 1 aromatic rings. The van der Waals surface area contributed by atoms with Gasteiger partial charge in [-0.3, -0.25) is 10.2 Å². The van der Waals surface area contributed by atoms with E-state index in [1.165, 1.54) is 18.5 Å². The largest absolute Gasteiger partial charge is 0.319 e. The molecular weight excluding hydrogens is 228 g/mol. The molecule has 0 spiro atoms. The number of imidazole rings is 1. The van der Waals surface area contributed by atoms with Gasteiger partial charge in [0.1, 0.15) is 11.9 Å². The predicted octanol–water partition coefficient (Wildman–Crippen LogP) is 1.26. The molecule has 0 saturated heterocycles. The number of aryl methyl sites for hydroxylation is 2. The van der Waals surface area contributed by atoms with Crippen molar-refractivity contribution in [3.05, 3.63) is 17.2 Å². The molecule has 5 nitrogen and oxygen atoms in total. The van der Waals surface area contributed by atoms with Crippen LogP contribution in [0.4, 0.5) is 0 Å². The van der Waals surface area contributed by atoms with Gasteiger partial charge in [0.05, 0.1) is 5.69 Å². The topological polar surface area (TPSA) is 72.9 Å². The molecule has 3 N–H and O–H groups in total. The molecule has 0 fully saturated rings. The Balaban J connectivity index is 2.47. The number of rotatable bonds is 3. The highest BCUT2D eigenvalue weighted by atomic mass is 16.2. The fourth-order valence-electron chi connectivity index (χ4n) is 2.87. The number of hydrogen-bond donors (Lipinski definition) is 2. The number of hydrogen-bond acceptors (Lipinski definition) is 3. The van der Waals surface area contributed by atoms with Crippen LogP contribution in [0.1, 0.15) is 49.9 Å². The van der Waals surface area contributed by atoms with Gasteiger partial charge in [-0.25, -0.2) is 10.8 Å². The second kappa shape index (κ2) is 5.10. The number of amides is 1. The lowest BCUT2D eigenvalue weighted by Gasteiger charge is -2.25. The molecule has 1 aromatic heterocycles. The zero-order chi connectivity index (χ0) is 13.3. The number of aromatic nitrogens is 2. The Hall–Kier alpha value is -1.36. The van der Waals surface area contributed by atoms with Crippen molar-refractivity contribution in [3.63, 3.8) is 0 Å². The second-order valence-corrected chi connectivity index (χ2v) is 5.33. The lowest BCUT2D eigenvalue weighted by atomic mass is 9.98. The number of carbonyl (C=O) groups excluding carboxylic acids is 1. The summed E-state index contributed by atoms with van der Waals surface area (Å²) in [5.74, 6) is 6.28. The molecule has 0 bridgehead atoms. The number of hydrazine groups is 1. The van der Waals surface area contributed by atoms with Crippen molar-refractivity contribution in [1.82, 2.24) is 15.0 Å². The lowest BCUT2D eigenvalue weighted by molar-refractivity contribution is -0.125. The summed E-state index contributed by atoms with van der Waals surface area (Å²) in [5.41, 5.74) is 4.67. The van der Waals surface area contributed by atoms with Crippen LogP contribution in [0.2, 0.25) is 0 Å². The number of nitrogens with one attached hydrogen (secondary N) is 1. The quantitative estimate of drug-likeness (QED) is 0.482. The first-order valence-electron chi connectivity index (χ1n) is 6.63. The van der Waals surface area contributed by atoms with Gasteiger partial charge >= 0.3 is 0 Å². The van der Waals surface area contributed by atoms with E-state index in [1.807, 2.05) is 20.8 Å². The van der Waals surface area contributed by atoms with Crippen molar-refractivity contribution < 1.29 is 4.79 Å². The van der Waals surface area contributed by atoms with Crippen LogP contribution in [0.25, 0.3) is 0 Å². The molecular formula is C13H22N4O. The van der Waals surface area contributed by atoms with E-state index in [2.05, 4.69) is 15.0 Å². The van der Waals surface area contributed by atoms with Gasteiger partial charge in [0, 0.05) is 5.69 Å². The third-order valence-electron chi connectivity index (χ3n) is 3.67. The molecule has 0 aromatic carbocycles. The van der Waals surface area contributed by atoms with Crippen LogP contribution >= 0.6 is 0 Å². The maximum atomic E-state index is 12.0. The van der Waals surface area contributed by atoms with Crippen molar-refractivity contribution in [2.45, 2.75) is 52.5 Å². The summed E-state index contributed by atoms with van der Waals surface area (Å²) < 4.78 is 2.08. The zero-order valence-corrected chi connectivity index (χ0v) is 11.4. The number of nitrogens with zero attached hydrogens (tertiary/aromatic N) is 2. The average Bonchev–Trinajstić information content (AvgIpc) is 2.66. The van der Waals surface area contributed by atoms with Crippen molar-refractivity contribution in [2.24, 2.45) is 11.8 Å². The summed E-state index contributed by atoms with van der Waals surface area (Å²) >= 11 is 0. The van der Waals surface area contributed by atoms with Gasteiger partial charge < -0.3 is 4.57 Å². The summed E-state index contributed by atoms with van der Waals surface area (Å²) in [6, 6.07) is -0.260. The van der Waals surface area contributed by atoms with E-state index in [0.717, 1.165) is 24.4 Å². The predicted molar refractivity (Wildman–Crippen MR) is 69.8 cm³/mol. The summed E-state index contributed by atoms with van der Waals surface area (Å²) in [7, 11) is 0. The van der Waals surface area contributed by atoms with Crippen LogP contribution in [0.15, 0.2) is 0 Å². The van der Waals surface area contributed by atoms with Crippen LogP contribution in [-0.2, 0) is 17.6 Å². The molecule has 0 radical (unpaired) electrons. The van der Waals surface area contributed by atoms with Gasteiger partial charge in [0.25, 0.3) is 5.91 Å². The van der Waals surface area contributed by atoms with E-state index in [4.69, 9.17) is 5.84 Å². The minimum atomic E-state index is -0.260. The number of carbonyl (C=O) groups is 1. The second-order valence-electron chi connectivity index (χ2n) is 5.33. The summed E-state index contributed by atoms with van der Waals surface area (Å²) in [4.78, 5) is 16.6. The Morgan fingerprint density at radius 1 is 1.39 bits per heavy atom. The average molecular weight is 250 g/mol.